The Labute approximate surface area is 59.6 Å². The number of nitrogens with one attached hydrogen (secondary N) is 1. The quantitative estimate of drug-likeness (QED) is 0.442. The SMILES string of the molecule is O=C([O-])N1CCNCC1.[NH4+]. The van der Waals surface area contributed by atoms with E-state index in [4.69, 9.17) is 0 Å². The Morgan fingerprint density at radius 2 is 1.90 bits per heavy atom. The van der Waals surface area contributed by atoms with E-state index in [9.17, 15) is 9.90 Å². The predicted octanol–water partition coefficient (Wildman–Crippen LogP) is -1.39. The number of carbonyl (C=O) groups is 1. The molecule has 5 heteroatoms. The van der Waals surface area contributed by atoms with Crippen molar-refractivity contribution in [2.24, 2.45) is 0 Å². The van der Waals surface area contributed by atoms with E-state index < -0.39 is 6.09 Å². The lowest BCUT2D eigenvalue weighted by atomic mass is 10.4. The Bertz CT molecular complexity index is 111. The molecule has 0 aromatic carbocycles. The van der Waals surface area contributed by atoms with Gasteiger partial charge in [-0.2, -0.15) is 0 Å². The molecule has 10 heavy (non-hydrogen) atoms. The second-order valence-electron chi connectivity index (χ2n) is 2.00. The van der Waals surface area contributed by atoms with Crippen molar-refractivity contribution in [1.29, 1.82) is 0 Å². The van der Waals surface area contributed by atoms with Crippen molar-refractivity contribution in [3.8, 4) is 0 Å². The predicted molar refractivity (Wildman–Crippen MR) is 35.8 cm³/mol. The molecule has 0 aromatic heterocycles. The van der Waals surface area contributed by atoms with Crippen molar-refractivity contribution in [2.75, 3.05) is 26.2 Å². The van der Waals surface area contributed by atoms with E-state index in [-0.39, 0.29) is 6.15 Å². The third kappa shape index (κ3) is 2.20. The molecule has 1 saturated heterocycles. The Hall–Kier alpha value is -0.810. The molecule has 1 heterocycles. The second-order valence-corrected chi connectivity index (χ2v) is 2.00. The van der Waals surface area contributed by atoms with Crippen molar-refractivity contribution in [3.63, 3.8) is 0 Å². The van der Waals surface area contributed by atoms with Crippen molar-refractivity contribution in [2.45, 2.75) is 0 Å². The van der Waals surface area contributed by atoms with E-state index in [1.165, 1.54) is 4.90 Å². The minimum absolute atomic E-state index is 0. The maximum absolute atomic E-state index is 10.1. The number of quaternary nitrogens is 1. The summed E-state index contributed by atoms with van der Waals surface area (Å²) < 4.78 is 0. The molecule has 0 spiro atoms. The third-order valence-electron chi connectivity index (χ3n) is 1.38. The highest BCUT2D eigenvalue weighted by atomic mass is 16.4. The zero-order chi connectivity index (χ0) is 6.69. The van der Waals surface area contributed by atoms with Gasteiger partial charge in [-0.1, -0.05) is 0 Å². The van der Waals surface area contributed by atoms with Gasteiger partial charge in [0.2, 0.25) is 0 Å². The van der Waals surface area contributed by atoms with E-state index >= 15 is 0 Å². The van der Waals surface area contributed by atoms with Gasteiger partial charge in [0.15, 0.2) is 0 Å². The first-order valence-corrected chi connectivity index (χ1v) is 2.97. The van der Waals surface area contributed by atoms with Crippen LogP contribution in [0, 0.1) is 0 Å². The number of carboxylic acid groups (broad SMARTS) is 1. The maximum Gasteiger partial charge on any atom is 0.137 e. The van der Waals surface area contributed by atoms with Gasteiger partial charge in [0.25, 0.3) is 0 Å². The Morgan fingerprint density at radius 3 is 2.20 bits per heavy atom. The lowest BCUT2D eigenvalue weighted by Gasteiger charge is -2.29. The molecule has 1 rings (SSSR count). The number of piperazine rings is 1. The number of hydrogen-bond acceptors (Lipinski definition) is 3. The van der Waals surface area contributed by atoms with Gasteiger partial charge in [-0.3, -0.25) is 0 Å². The first kappa shape index (κ1) is 9.19. The fourth-order valence-electron chi connectivity index (χ4n) is 0.847. The lowest BCUT2D eigenvalue weighted by molar-refractivity contribution is -0.266. The molecule has 5 nitrogen and oxygen atoms in total. The van der Waals surface area contributed by atoms with Crippen LogP contribution in [0.2, 0.25) is 0 Å². The summed E-state index contributed by atoms with van der Waals surface area (Å²) in [4.78, 5) is 11.4. The van der Waals surface area contributed by atoms with Crippen LogP contribution in [-0.4, -0.2) is 37.2 Å². The molecule has 1 fully saturated rings. The van der Waals surface area contributed by atoms with Gasteiger partial charge < -0.3 is 26.3 Å². The smallest absolute Gasteiger partial charge is 0.137 e. The van der Waals surface area contributed by atoms with Crippen LogP contribution in [0.3, 0.4) is 0 Å². The maximum atomic E-state index is 10.1. The van der Waals surface area contributed by atoms with Crippen molar-refractivity contribution in [3.05, 3.63) is 0 Å². The average Bonchev–Trinajstić information content (AvgIpc) is 1.90. The van der Waals surface area contributed by atoms with E-state index in [1.807, 2.05) is 0 Å². The number of rotatable bonds is 0. The Kier molecular flexibility index (Phi) is 3.75. The van der Waals surface area contributed by atoms with Gasteiger partial charge in [0.05, 0.1) is 0 Å². The van der Waals surface area contributed by atoms with Gasteiger partial charge in [-0.15, -0.1) is 0 Å². The molecule has 60 valence electrons. The standard InChI is InChI=1S/C5H10N2O2.H3N/c8-5(9)7-3-1-6-2-4-7;/h6H,1-4H2,(H,8,9);1H3. The first-order valence-electron chi connectivity index (χ1n) is 2.97. The van der Waals surface area contributed by atoms with Crippen LogP contribution in [0.1, 0.15) is 0 Å². The van der Waals surface area contributed by atoms with E-state index in [0.29, 0.717) is 13.1 Å². The van der Waals surface area contributed by atoms with Gasteiger partial charge in [0, 0.05) is 26.2 Å². The van der Waals surface area contributed by atoms with E-state index in [2.05, 4.69) is 5.32 Å². The molecule has 0 unspecified atom stereocenters. The largest absolute Gasteiger partial charge is 0.530 e. The molecule has 0 saturated carbocycles. The van der Waals surface area contributed by atoms with Crippen molar-refractivity contribution in [1.82, 2.24) is 16.4 Å². The van der Waals surface area contributed by atoms with Crippen LogP contribution in [-0.2, 0) is 0 Å². The molecule has 0 aromatic rings. The summed E-state index contributed by atoms with van der Waals surface area (Å²) in [5.41, 5.74) is 0. The average molecular weight is 147 g/mol. The van der Waals surface area contributed by atoms with Crippen LogP contribution in [0.5, 0.6) is 0 Å². The molecule has 5 N–H and O–H groups in total. The third-order valence-corrected chi connectivity index (χ3v) is 1.38. The highest BCUT2D eigenvalue weighted by Crippen LogP contribution is 1.88. The zero-order valence-corrected chi connectivity index (χ0v) is 6.09. The van der Waals surface area contributed by atoms with Crippen LogP contribution in [0.15, 0.2) is 0 Å². The number of carbonyl (C=O) groups excluding carboxylic acids is 1. The van der Waals surface area contributed by atoms with Crippen LogP contribution in [0.25, 0.3) is 0 Å². The molecule has 1 aliphatic rings. The Morgan fingerprint density at radius 1 is 1.40 bits per heavy atom. The van der Waals surface area contributed by atoms with Gasteiger partial charge in [0.1, 0.15) is 6.09 Å². The highest BCUT2D eigenvalue weighted by molar-refractivity contribution is 5.62. The monoisotopic (exact) mass is 147 g/mol. The summed E-state index contributed by atoms with van der Waals surface area (Å²) in [7, 11) is 0. The zero-order valence-electron chi connectivity index (χ0n) is 6.09. The fourth-order valence-corrected chi connectivity index (χ4v) is 0.847. The molecular formula is C5H13N3O2. The molecule has 0 aliphatic carbocycles. The number of nitrogens with zero attached hydrogens (tertiary/aromatic N) is 1. The molecule has 1 amide bonds. The summed E-state index contributed by atoms with van der Waals surface area (Å²) in [6.07, 6.45) is -1.06. The lowest BCUT2D eigenvalue weighted by Crippen LogP contribution is -2.51. The first-order chi connectivity index (χ1) is 4.30. The topological polar surface area (TPSA) is 91.9 Å². The van der Waals surface area contributed by atoms with Crippen molar-refractivity contribution >= 4 is 6.09 Å². The summed E-state index contributed by atoms with van der Waals surface area (Å²) in [5.74, 6) is 0. The molecule has 1 aliphatic heterocycles. The van der Waals surface area contributed by atoms with Gasteiger partial charge in [-0.05, 0) is 0 Å². The molecular weight excluding hydrogens is 134 g/mol. The summed E-state index contributed by atoms with van der Waals surface area (Å²) in [6, 6.07) is 0. The van der Waals surface area contributed by atoms with E-state index in [0.717, 1.165) is 13.1 Å². The minimum atomic E-state index is -1.06. The minimum Gasteiger partial charge on any atom is -0.530 e. The highest BCUT2D eigenvalue weighted by Gasteiger charge is 2.06. The fraction of sp³-hybridized carbons (Fsp3) is 0.800. The van der Waals surface area contributed by atoms with Crippen LogP contribution in [0.4, 0.5) is 4.79 Å². The van der Waals surface area contributed by atoms with Crippen molar-refractivity contribution < 1.29 is 9.90 Å². The second kappa shape index (κ2) is 4.08. The van der Waals surface area contributed by atoms with Crippen LogP contribution < -0.4 is 16.6 Å². The summed E-state index contributed by atoms with van der Waals surface area (Å²) in [5, 5.41) is 13.2. The summed E-state index contributed by atoms with van der Waals surface area (Å²) in [6.45, 7) is 2.60. The van der Waals surface area contributed by atoms with Gasteiger partial charge >= 0.3 is 0 Å². The van der Waals surface area contributed by atoms with Gasteiger partial charge in [-0.25, -0.2) is 0 Å². The van der Waals surface area contributed by atoms with E-state index in [1.54, 1.807) is 0 Å². The summed E-state index contributed by atoms with van der Waals surface area (Å²) >= 11 is 0. The molecule has 0 bridgehead atoms. The van der Waals surface area contributed by atoms with Crippen LogP contribution >= 0.6 is 0 Å². The molecule has 0 atom stereocenters. The number of amides is 1. The number of hydrogen-bond donors (Lipinski definition) is 2. The molecule has 0 radical (unpaired) electrons. The normalized spacial score (nSPS) is 17.8. The Balaban J connectivity index is 0.000000810.